The van der Waals surface area contributed by atoms with Gasteiger partial charge in [-0.1, -0.05) is 56.3 Å². The number of aliphatic carboxylic acids is 1. The molecule has 4 nitrogen and oxygen atoms in total. The molecule has 2 N–H and O–H groups in total. The molecule has 23 heavy (non-hydrogen) atoms. The number of amides is 1. The molecular weight excluding hydrogens is 290 g/mol. The molecule has 0 aliphatic heterocycles. The number of carbonyl (C=O) groups is 2. The molecule has 2 rings (SSSR count). The van der Waals surface area contributed by atoms with E-state index in [9.17, 15) is 14.7 Å². The number of hydrogen-bond donors (Lipinski definition) is 2. The standard InChI is InChI=1S/C19H21NO3/c1-13(2)19(3,18(22)23)20-17(21)12-11-15-9-6-8-14-7-4-5-10-16(14)15/h4-13H,1-3H3,(H,20,21)(H,22,23)/b12-11+. The van der Waals surface area contributed by atoms with Gasteiger partial charge in [0.1, 0.15) is 5.54 Å². The summed E-state index contributed by atoms with van der Waals surface area (Å²) in [5.41, 5.74) is -0.375. The fourth-order valence-corrected chi connectivity index (χ4v) is 2.30. The van der Waals surface area contributed by atoms with E-state index in [4.69, 9.17) is 0 Å². The van der Waals surface area contributed by atoms with Crippen molar-refractivity contribution >= 4 is 28.7 Å². The van der Waals surface area contributed by atoms with Gasteiger partial charge in [0.15, 0.2) is 0 Å². The number of carboxylic acids is 1. The molecular formula is C19H21NO3. The molecule has 0 saturated heterocycles. The average Bonchev–Trinajstić information content (AvgIpc) is 2.52. The summed E-state index contributed by atoms with van der Waals surface area (Å²) < 4.78 is 0. The van der Waals surface area contributed by atoms with Gasteiger partial charge in [-0.15, -0.1) is 0 Å². The Kier molecular flexibility index (Phi) is 4.84. The highest BCUT2D eigenvalue weighted by molar-refractivity contribution is 5.98. The van der Waals surface area contributed by atoms with Crippen LogP contribution in [0.1, 0.15) is 26.3 Å². The van der Waals surface area contributed by atoms with Crippen LogP contribution in [0.15, 0.2) is 48.5 Å². The molecule has 4 heteroatoms. The summed E-state index contributed by atoms with van der Waals surface area (Å²) in [6.45, 7) is 5.05. The molecule has 0 radical (unpaired) electrons. The molecule has 0 aliphatic rings. The molecule has 0 aromatic heterocycles. The lowest BCUT2D eigenvalue weighted by Gasteiger charge is -2.29. The van der Waals surface area contributed by atoms with Crippen LogP contribution in [0.2, 0.25) is 0 Å². The second-order valence-electron chi connectivity index (χ2n) is 6.05. The van der Waals surface area contributed by atoms with E-state index < -0.39 is 17.4 Å². The van der Waals surface area contributed by atoms with Gasteiger partial charge in [0.25, 0.3) is 0 Å². The zero-order valence-electron chi connectivity index (χ0n) is 13.5. The number of carboxylic acid groups (broad SMARTS) is 1. The Morgan fingerprint density at radius 1 is 1.13 bits per heavy atom. The summed E-state index contributed by atoms with van der Waals surface area (Å²) in [5, 5.41) is 14.1. The van der Waals surface area contributed by atoms with Crippen LogP contribution in [0.5, 0.6) is 0 Å². The minimum Gasteiger partial charge on any atom is -0.480 e. The van der Waals surface area contributed by atoms with Gasteiger partial charge in [-0.3, -0.25) is 4.79 Å². The van der Waals surface area contributed by atoms with E-state index in [0.717, 1.165) is 16.3 Å². The minimum absolute atomic E-state index is 0.227. The number of benzene rings is 2. The molecule has 1 unspecified atom stereocenters. The van der Waals surface area contributed by atoms with E-state index in [2.05, 4.69) is 5.32 Å². The largest absolute Gasteiger partial charge is 0.480 e. The smallest absolute Gasteiger partial charge is 0.329 e. The highest BCUT2D eigenvalue weighted by Crippen LogP contribution is 2.20. The molecule has 1 amide bonds. The van der Waals surface area contributed by atoms with E-state index in [-0.39, 0.29) is 5.92 Å². The third-order valence-electron chi connectivity index (χ3n) is 4.22. The van der Waals surface area contributed by atoms with Crippen LogP contribution in [0, 0.1) is 5.92 Å². The number of fused-ring (bicyclic) bond motifs is 1. The Morgan fingerprint density at radius 3 is 2.43 bits per heavy atom. The Balaban J connectivity index is 2.22. The van der Waals surface area contributed by atoms with Gasteiger partial charge in [0.05, 0.1) is 0 Å². The van der Waals surface area contributed by atoms with Crippen molar-refractivity contribution in [3.8, 4) is 0 Å². The zero-order valence-corrected chi connectivity index (χ0v) is 13.5. The van der Waals surface area contributed by atoms with Gasteiger partial charge in [-0.25, -0.2) is 4.79 Å². The highest BCUT2D eigenvalue weighted by atomic mass is 16.4. The number of nitrogens with one attached hydrogen (secondary N) is 1. The van der Waals surface area contributed by atoms with Crippen molar-refractivity contribution in [3.05, 3.63) is 54.1 Å². The third-order valence-corrected chi connectivity index (χ3v) is 4.22. The minimum atomic E-state index is -1.29. The van der Waals surface area contributed by atoms with Crippen molar-refractivity contribution in [2.75, 3.05) is 0 Å². The second-order valence-corrected chi connectivity index (χ2v) is 6.05. The summed E-state index contributed by atoms with van der Waals surface area (Å²) >= 11 is 0. The van der Waals surface area contributed by atoms with Crippen LogP contribution >= 0.6 is 0 Å². The molecule has 1 atom stereocenters. The lowest BCUT2D eigenvalue weighted by atomic mass is 9.88. The number of rotatable bonds is 5. The van der Waals surface area contributed by atoms with Gasteiger partial charge in [0, 0.05) is 6.08 Å². The van der Waals surface area contributed by atoms with E-state index >= 15 is 0 Å². The molecule has 0 heterocycles. The summed E-state index contributed by atoms with van der Waals surface area (Å²) in [4.78, 5) is 23.5. The molecule has 2 aromatic rings. The quantitative estimate of drug-likeness (QED) is 0.831. The predicted molar refractivity (Wildman–Crippen MR) is 92.0 cm³/mol. The zero-order chi connectivity index (χ0) is 17.0. The van der Waals surface area contributed by atoms with Crippen molar-refractivity contribution in [1.82, 2.24) is 5.32 Å². The SMILES string of the molecule is CC(C)C(C)(NC(=O)/C=C/c1cccc2ccccc12)C(=O)O. The lowest BCUT2D eigenvalue weighted by molar-refractivity contribution is -0.148. The Hall–Kier alpha value is -2.62. The third kappa shape index (κ3) is 3.59. The molecule has 0 bridgehead atoms. The Morgan fingerprint density at radius 2 is 1.78 bits per heavy atom. The van der Waals surface area contributed by atoms with Gasteiger partial charge < -0.3 is 10.4 Å². The van der Waals surface area contributed by atoms with Crippen LogP contribution in [-0.4, -0.2) is 22.5 Å². The molecule has 2 aromatic carbocycles. The summed E-state index contributed by atoms with van der Waals surface area (Å²) in [7, 11) is 0. The molecule has 0 aliphatic carbocycles. The first-order valence-electron chi connectivity index (χ1n) is 7.56. The van der Waals surface area contributed by atoms with Crippen molar-refractivity contribution in [2.45, 2.75) is 26.3 Å². The van der Waals surface area contributed by atoms with E-state index in [1.165, 1.54) is 13.0 Å². The van der Waals surface area contributed by atoms with Crippen LogP contribution in [0.3, 0.4) is 0 Å². The van der Waals surface area contributed by atoms with Gasteiger partial charge in [0.2, 0.25) is 5.91 Å². The van der Waals surface area contributed by atoms with Crippen LogP contribution in [-0.2, 0) is 9.59 Å². The van der Waals surface area contributed by atoms with E-state index in [1.807, 2.05) is 42.5 Å². The summed E-state index contributed by atoms with van der Waals surface area (Å²) in [5.74, 6) is -1.69. The predicted octanol–water partition coefficient (Wildman–Crippen LogP) is 3.47. The monoisotopic (exact) mass is 311 g/mol. The van der Waals surface area contributed by atoms with Gasteiger partial charge >= 0.3 is 5.97 Å². The van der Waals surface area contributed by atoms with Crippen LogP contribution in [0.25, 0.3) is 16.8 Å². The summed E-state index contributed by atoms with van der Waals surface area (Å²) in [6, 6.07) is 13.8. The summed E-state index contributed by atoms with van der Waals surface area (Å²) in [6.07, 6.45) is 3.09. The van der Waals surface area contributed by atoms with Gasteiger partial charge in [-0.05, 0) is 35.3 Å². The first-order chi connectivity index (χ1) is 10.8. The maximum Gasteiger partial charge on any atom is 0.329 e. The molecule has 0 spiro atoms. The maximum atomic E-state index is 12.1. The highest BCUT2D eigenvalue weighted by Gasteiger charge is 2.37. The Labute approximate surface area is 135 Å². The molecule has 0 saturated carbocycles. The fourth-order valence-electron chi connectivity index (χ4n) is 2.30. The molecule has 0 fully saturated rings. The normalized spacial score (nSPS) is 14.1. The molecule has 120 valence electrons. The van der Waals surface area contributed by atoms with Crippen molar-refractivity contribution in [2.24, 2.45) is 5.92 Å². The van der Waals surface area contributed by atoms with Crippen molar-refractivity contribution < 1.29 is 14.7 Å². The van der Waals surface area contributed by atoms with E-state index in [1.54, 1.807) is 19.9 Å². The number of hydrogen-bond acceptors (Lipinski definition) is 2. The van der Waals surface area contributed by atoms with Crippen LogP contribution in [0.4, 0.5) is 0 Å². The fraction of sp³-hybridized carbons (Fsp3) is 0.263. The van der Waals surface area contributed by atoms with Crippen molar-refractivity contribution in [1.29, 1.82) is 0 Å². The topological polar surface area (TPSA) is 66.4 Å². The maximum absolute atomic E-state index is 12.1. The number of carbonyl (C=O) groups excluding carboxylic acids is 1. The lowest BCUT2D eigenvalue weighted by Crippen LogP contribution is -2.55. The first kappa shape index (κ1) is 16.7. The van der Waals surface area contributed by atoms with Gasteiger partial charge in [-0.2, -0.15) is 0 Å². The first-order valence-corrected chi connectivity index (χ1v) is 7.56. The van der Waals surface area contributed by atoms with Crippen molar-refractivity contribution in [3.63, 3.8) is 0 Å². The second kappa shape index (κ2) is 6.65. The Bertz CT molecular complexity index is 759. The average molecular weight is 311 g/mol. The van der Waals surface area contributed by atoms with E-state index in [0.29, 0.717) is 0 Å². The van der Waals surface area contributed by atoms with Crippen LogP contribution < -0.4 is 5.32 Å².